The molecule has 2 aromatic carbocycles. The number of hydrogen-bond donors (Lipinski definition) is 0. The Morgan fingerprint density at radius 3 is 2.72 bits per heavy atom. The number of anilines is 1. The first-order valence-corrected chi connectivity index (χ1v) is 10.4. The molecule has 1 amide bonds. The summed E-state index contributed by atoms with van der Waals surface area (Å²) in [6, 6.07) is 14.3. The Kier molecular flexibility index (Phi) is 6.47. The highest BCUT2D eigenvalue weighted by Crippen LogP contribution is 2.28. The van der Waals surface area contributed by atoms with Crippen molar-refractivity contribution in [3.8, 4) is 5.75 Å². The van der Waals surface area contributed by atoms with E-state index >= 15 is 0 Å². The molecule has 0 bridgehead atoms. The first-order valence-electron chi connectivity index (χ1n) is 10.4. The molecule has 0 saturated carbocycles. The van der Waals surface area contributed by atoms with Crippen LogP contribution in [-0.4, -0.2) is 32.8 Å². The summed E-state index contributed by atoms with van der Waals surface area (Å²) in [6.07, 6.45) is 3.55. The van der Waals surface area contributed by atoms with Gasteiger partial charge in [-0.2, -0.15) is 0 Å². The molecule has 2 aromatic rings. The molecular weight excluding hydrogens is 366 g/mol. The lowest BCUT2D eigenvalue weighted by atomic mass is 9.99. The smallest absolute Gasteiger partial charge is 0.227 e. The second-order valence-corrected chi connectivity index (χ2v) is 7.92. The summed E-state index contributed by atoms with van der Waals surface area (Å²) in [5.41, 5.74) is 4.46. The minimum absolute atomic E-state index is 0.178. The zero-order valence-corrected chi connectivity index (χ0v) is 17.1. The van der Waals surface area contributed by atoms with Gasteiger partial charge in [0, 0.05) is 32.4 Å². The van der Waals surface area contributed by atoms with E-state index in [0.29, 0.717) is 25.6 Å². The third-order valence-corrected chi connectivity index (χ3v) is 5.75. The molecule has 0 spiro atoms. The fraction of sp³-hybridized carbons (Fsp3) is 0.458. The Bertz CT molecular complexity index is 845. The number of aryl methyl sites for hydroxylation is 1. The molecule has 5 nitrogen and oxygen atoms in total. The molecule has 0 aliphatic carbocycles. The first kappa shape index (κ1) is 19.9. The number of ether oxygens (including phenoxy) is 3. The fourth-order valence-corrected chi connectivity index (χ4v) is 3.95. The normalized spacial score (nSPS) is 17.3. The molecular formula is C24H29NO4. The molecule has 0 radical (unpaired) electrons. The van der Waals surface area contributed by atoms with Crippen molar-refractivity contribution in [2.75, 3.05) is 31.8 Å². The van der Waals surface area contributed by atoms with E-state index in [0.717, 1.165) is 61.6 Å². The first-order chi connectivity index (χ1) is 14.2. The number of carbonyl (C=O) groups is 1. The predicted octanol–water partition coefficient (Wildman–Crippen LogP) is 4.12. The van der Waals surface area contributed by atoms with Crippen LogP contribution in [0, 0.1) is 5.92 Å². The van der Waals surface area contributed by atoms with Crippen molar-refractivity contribution >= 4 is 11.6 Å². The van der Waals surface area contributed by atoms with E-state index in [9.17, 15) is 4.79 Å². The largest absolute Gasteiger partial charge is 0.489 e. The molecule has 2 aliphatic rings. The van der Waals surface area contributed by atoms with Gasteiger partial charge in [0.15, 0.2) is 0 Å². The van der Waals surface area contributed by atoms with Gasteiger partial charge >= 0.3 is 0 Å². The second kappa shape index (κ2) is 9.42. The van der Waals surface area contributed by atoms with Crippen LogP contribution < -0.4 is 9.64 Å². The van der Waals surface area contributed by atoms with Crippen molar-refractivity contribution in [2.24, 2.45) is 5.92 Å². The van der Waals surface area contributed by atoms with Crippen LogP contribution in [0.4, 0.5) is 5.69 Å². The van der Waals surface area contributed by atoms with E-state index in [1.54, 1.807) is 4.90 Å². The molecule has 5 heteroatoms. The lowest BCUT2D eigenvalue weighted by Crippen LogP contribution is -2.31. The van der Waals surface area contributed by atoms with Gasteiger partial charge in [-0.3, -0.25) is 4.79 Å². The van der Waals surface area contributed by atoms with Crippen molar-refractivity contribution in [2.45, 2.75) is 38.9 Å². The van der Waals surface area contributed by atoms with E-state index in [4.69, 9.17) is 14.2 Å². The Hall–Kier alpha value is -2.37. The van der Waals surface area contributed by atoms with Crippen molar-refractivity contribution in [3.05, 3.63) is 59.2 Å². The molecule has 2 heterocycles. The summed E-state index contributed by atoms with van der Waals surface area (Å²) in [5.74, 6) is 1.64. The summed E-state index contributed by atoms with van der Waals surface area (Å²) < 4.78 is 17.3. The summed E-state index contributed by atoms with van der Waals surface area (Å²) in [4.78, 5) is 13.6. The van der Waals surface area contributed by atoms with Gasteiger partial charge in [0.25, 0.3) is 0 Å². The SMILES string of the molecule is CN1C(=O)CCc2cc(COc3cccc(COCC4CCOCC4)c3)ccc21. The molecule has 0 N–H and O–H groups in total. The van der Waals surface area contributed by atoms with Gasteiger partial charge in [-0.05, 0) is 60.1 Å². The van der Waals surface area contributed by atoms with Gasteiger partial charge in [-0.1, -0.05) is 24.3 Å². The Labute approximate surface area is 172 Å². The third-order valence-electron chi connectivity index (χ3n) is 5.75. The van der Waals surface area contributed by atoms with Gasteiger partial charge in [0.1, 0.15) is 12.4 Å². The topological polar surface area (TPSA) is 48.0 Å². The van der Waals surface area contributed by atoms with Crippen LogP contribution in [0.3, 0.4) is 0 Å². The number of hydrogen-bond acceptors (Lipinski definition) is 4. The third kappa shape index (κ3) is 5.17. The highest BCUT2D eigenvalue weighted by atomic mass is 16.5. The molecule has 154 valence electrons. The standard InChI is InChI=1S/C24H29NO4/c1-25-23-7-5-20(13-21(23)6-8-24(25)26)17-29-22-4-2-3-19(14-22)16-28-15-18-9-11-27-12-10-18/h2-5,7,13-14,18H,6,8-12,15-17H2,1H3. The molecule has 4 rings (SSSR count). The fourth-order valence-electron chi connectivity index (χ4n) is 3.95. The van der Waals surface area contributed by atoms with Gasteiger partial charge in [0.2, 0.25) is 5.91 Å². The van der Waals surface area contributed by atoms with Crippen molar-refractivity contribution < 1.29 is 19.0 Å². The van der Waals surface area contributed by atoms with Crippen molar-refractivity contribution in [1.29, 1.82) is 0 Å². The maximum atomic E-state index is 11.8. The highest BCUT2D eigenvalue weighted by Gasteiger charge is 2.20. The van der Waals surface area contributed by atoms with Gasteiger partial charge < -0.3 is 19.1 Å². The Balaban J connectivity index is 1.30. The number of carbonyl (C=O) groups excluding carboxylic acids is 1. The number of nitrogens with zero attached hydrogens (tertiary/aromatic N) is 1. The van der Waals surface area contributed by atoms with Crippen LogP contribution >= 0.6 is 0 Å². The molecule has 29 heavy (non-hydrogen) atoms. The van der Waals surface area contributed by atoms with Gasteiger partial charge in [-0.15, -0.1) is 0 Å². The van der Waals surface area contributed by atoms with E-state index in [-0.39, 0.29) is 5.91 Å². The number of benzene rings is 2. The van der Waals surface area contributed by atoms with Crippen LogP contribution in [0.25, 0.3) is 0 Å². The molecule has 1 saturated heterocycles. The number of rotatable bonds is 7. The maximum absolute atomic E-state index is 11.8. The van der Waals surface area contributed by atoms with Crippen LogP contribution in [0.1, 0.15) is 36.0 Å². The minimum Gasteiger partial charge on any atom is -0.489 e. The Morgan fingerprint density at radius 2 is 1.86 bits per heavy atom. The Morgan fingerprint density at radius 1 is 1.03 bits per heavy atom. The minimum atomic E-state index is 0.178. The quantitative estimate of drug-likeness (QED) is 0.708. The van der Waals surface area contributed by atoms with E-state index in [1.807, 2.05) is 31.3 Å². The number of fused-ring (bicyclic) bond motifs is 1. The van der Waals surface area contributed by atoms with Crippen LogP contribution in [0.2, 0.25) is 0 Å². The molecule has 0 unspecified atom stereocenters. The van der Waals surface area contributed by atoms with E-state index in [1.165, 1.54) is 5.56 Å². The zero-order chi connectivity index (χ0) is 20.1. The zero-order valence-electron chi connectivity index (χ0n) is 17.1. The second-order valence-electron chi connectivity index (χ2n) is 7.92. The monoisotopic (exact) mass is 395 g/mol. The highest BCUT2D eigenvalue weighted by molar-refractivity contribution is 5.95. The summed E-state index contributed by atoms with van der Waals surface area (Å²) in [7, 11) is 1.84. The van der Waals surface area contributed by atoms with Crippen LogP contribution in [0.5, 0.6) is 5.75 Å². The maximum Gasteiger partial charge on any atom is 0.227 e. The van der Waals surface area contributed by atoms with Crippen LogP contribution in [0.15, 0.2) is 42.5 Å². The summed E-state index contributed by atoms with van der Waals surface area (Å²) in [5, 5.41) is 0. The molecule has 0 aromatic heterocycles. The average molecular weight is 395 g/mol. The average Bonchev–Trinajstić information content (AvgIpc) is 2.76. The summed E-state index contributed by atoms with van der Waals surface area (Å²) >= 11 is 0. The lowest BCUT2D eigenvalue weighted by Gasteiger charge is -2.26. The molecule has 0 atom stereocenters. The van der Waals surface area contributed by atoms with Gasteiger partial charge in [-0.25, -0.2) is 0 Å². The molecule has 1 fully saturated rings. The van der Waals surface area contributed by atoms with Gasteiger partial charge in [0.05, 0.1) is 13.2 Å². The predicted molar refractivity (Wildman–Crippen MR) is 112 cm³/mol. The van der Waals surface area contributed by atoms with Crippen LogP contribution in [-0.2, 0) is 33.9 Å². The lowest BCUT2D eigenvalue weighted by molar-refractivity contribution is -0.118. The van der Waals surface area contributed by atoms with Crippen molar-refractivity contribution in [1.82, 2.24) is 0 Å². The number of amides is 1. The van der Waals surface area contributed by atoms with E-state index < -0.39 is 0 Å². The molecule has 2 aliphatic heterocycles. The van der Waals surface area contributed by atoms with Crippen molar-refractivity contribution in [3.63, 3.8) is 0 Å². The van der Waals surface area contributed by atoms with E-state index in [2.05, 4.69) is 18.2 Å². The summed E-state index contributed by atoms with van der Waals surface area (Å²) in [6.45, 7) is 3.62.